The summed E-state index contributed by atoms with van der Waals surface area (Å²) >= 11 is 0. The summed E-state index contributed by atoms with van der Waals surface area (Å²) in [6, 6.07) is 0. The first-order valence-corrected chi connectivity index (χ1v) is 19.5. The van der Waals surface area contributed by atoms with Crippen molar-refractivity contribution in [3.8, 4) is 0 Å². The first-order valence-electron chi connectivity index (χ1n) is 19.5. The van der Waals surface area contributed by atoms with Gasteiger partial charge in [0.15, 0.2) is 6.10 Å². The monoisotopic (exact) mass is 639 g/mol. The standard InChI is InChI=1S/C39H74O6/c1-4-7-10-13-15-17-18-19-20-22-24-27-29-32-38(41)44-35-36(45-39(42)33-30-25-12-9-6-3)34-43-37(40)31-28-26-23-21-16-14-11-8-5-2/h36H,4-35H2,1-3H3/t36-/m0/s1. The average molecular weight is 639 g/mol. The van der Waals surface area contributed by atoms with Gasteiger partial charge in [-0.05, 0) is 19.3 Å². The maximum absolute atomic E-state index is 12.4. The zero-order valence-corrected chi connectivity index (χ0v) is 30.2. The summed E-state index contributed by atoms with van der Waals surface area (Å²) in [5, 5.41) is 0. The van der Waals surface area contributed by atoms with Crippen molar-refractivity contribution in [2.75, 3.05) is 13.2 Å². The molecule has 266 valence electrons. The number of carbonyl (C=O) groups is 3. The van der Waals surface area contributed by atoms with Crippen LogP contribution in [0.2, 0.25) is 0 Å². The topological polar surface area (TPSA) is 78.9 Å². The molecular weight excluding hydrogens is 564 g/mol. The summed E-state index contributed by atoms with van der Waals surface area (Å²) in [6.45, 7) is 6.52. The zero-order valence-electron chi connectivity index (χ0n) is 30.2. The van der Waals surface area contributed by atoms with Crippen LogP contribution >= 0.6 is 0 Å². The second-order valence-electron chi connectivity index (χ2n) is 13.2. The Balaban J connectivity index is 4.20. The SMILES string of the molecule is CCCCCCCCCCCCCCCC(=O)OC[C@H](COC(=O)CCCCCCCCCCC)OC(=O)CCCCCCC. The molecule has 0 spiro atoms. The summed E-state index contributed by atoms with van der Waals surface area (Å²) in [5.41, 5.74) is 0. The molecule has 0 rings (SSSR count). The molecular formula is C39H74O6. The van der Waals surface area contributed by atoms with Gasteiger partial charge in [-0.25, -0.2) is 0 Å². The fraction of sp³-hybridized carbons (Fsp3) is 0.923. The predicted octanol–water partition coefficient (Wildman–Crippen LogP) is 11.7. The summed E-state index contributed by atoms with van der Waals surface area (Å²) in [4.78, 5) is 37.1. The molecule has 6 heteroatoms. The minimum atomic E-state index is -0.754. The maximum atomic E-state index is 12.4. The number of carbonyl (C=O) groups excluding carboxylic acids is 3. The molecule has 0 amide bonds. The van der Waals surface area contributed by atoms with Crippen molar-refractivity contribution in [1.29, 1.82) is 0 Å². The van der Waals surface area contributed by atoms with Crippen LogP contribution in [0.1, 0.15) is 213 Å². The zero-order chi connectivity index (χ0) is 33.1. The number of rotatable bonds is 35. The number of ether oxygens (including phenoxy) is 3. The van der Waals surface area contributed by atoms with Crippen molar-refractivity contribution >= 4 is 17.9 Å². The molecule has 0 N–H and O–H groups in total. The first-order chi connectivity index (χ1) is 22.0. The fourth-order valence-corrected chi connectivity index (χ4v) is 5.62. The van der Waals surface area contributed by atoms with Gasteiger partial charge in [0.05, 0.1) is 0 Å². The summed E-state index contributed by atoms with van der Waals surface area (Å²) in [5.74, 6) is -0.879. The molecule has 0 saturated heterocycles. The van der Waals surface area contributed by atoms with Gasteiger partial charge < -0.3 is 14.2 Å². The largest absolute Gasteiger partial charge is 0.462 e. The van der Waals surface area contributed by atoms with Crippen LogP contribution in [0.3, 0.4) is 0 Å². The highest BCUT2D eigenvalue weighted by Gasteiger charge is 2.19. The van der Waals surface area contributed by atoms with Crippen LogP contribution in [0, 0.1) is 0 Å². The molecule has 6 nitrogen and oxygen atoms in total. The van der Waals surface area contributed by atoms with Gasteiger partial charge >= 0.3 is 17.9 Å². The Morgan fingerprint density at radius 1 is 0.356 bits per heavy atom. The van der Waals surface area contributed by atoms with Crippen molar-refractivity contribution in [3.63, 3.8) is 0 Å². The lowest BCUT2D eigenvalue weighted by Gasteiger charge is -2.18. The van der Waals surface area contributed by atoms with Crippen molar-refractivity contribution < 1.29 is 28.6 Å². The van der Waals surface area contributed by atoms with Crippen LogP contribution in [0.4, 0.5) is 0 Å². The van der Waals surface area contributed by atoms with Gasteiger partial charge in [0.25, 0.3) is 0 Å². The second kappa shape index (κ2) is 35.3. The highest BCUT2D eigenvalue weighted by atomic mass is 16.6. The van der Waals surface area contributed by atoms with Crippen molar-refractivity contribution in [1.82, 2.24) is 0 Å². The fourth-order valence-electron chi connectivity index (χ4n) is 5.62. The summed E-state index contributed by atoms with van der Waals surface area (Å²) < 4.78 is 16.5. The smallest absolute Gasteiger partial charge is 0.306 e. The van der Waals surface area contributed by atoms with Crippen molar-refractivity contribution in [2.45, 2.75) is 219 Å². The molecule has 0 aromatic carbocycles. The normalized spacial score (nSPS) is 11.8. The van der Waals surface area contributed by atoms with E-state index in [9.17, 15) is 14.4 Å². The van der Waals surface area contributed by atoms with E-state index in [1.165, 1.54) is 109 Å². The molecule has 0 aliphatic rings. The first kappa shape index (κ1) is 43.4. The predicted molar refractivity (Wildman–Crippen MR) is 187 cm³/mol. The number of esters is 3. The summed E-state index contributed by atoms with van der Waals surface area (Å²) in [6.07, 6.45) is 32.6. The molecule has 0 saturated carbocycles. The minimum Gasteiger partial charge on any atom is -0.462 e. The maximum Gasteiger partial charge on any atom is 0.306 e. The van der Waals surface area contributed by atoms with E-state index in [1.807, 2.05) is 0 Å². The molecule has 0 unspecified atom stereocenters. The number of unbranched alkanes of at least 4 members (excludes halogenated alkanes) is 24. The quantitative estimate of drug-likeness (QED) is 0.0390. The lowest BCUT2D eigenvalue weighted by atomic mass is 10.0. The lowest BCUT2D eigenvalue weighted by molar-refractivity contribution is -0.167. The van der Waals surface area contributed by atoms with Crippen LogP contribution in [0.25, 0.3) is 0 Å². The molecule has 0 bridgehead atoms. The van der Waals surface area contributed by atoms with Crippen LogP contribution in [0.15, 0.2) is 0 Å². The third kappa shape index (κ3) is 33.6. The van der Waals surface area contributed by atoms with Gasteiger partial charge in [-0.3, -0.25) is 14.4 Å². The van der Waals surface area contributed by atoms with E-state index >= 15 is 0 Å². The highest BCUT2D eigenvalue weighted by molar-refractivity contribution is 5.71. The van der Waals surface area contributed by atoms with Crippen LogP contribution in [-0.4, -0.2) is 37.2 Å². The van der Waals surface area contributed by atoms with Crippen molar-refractivity contribution in [3.05, 3.63) is 0 Å². The van der Waals surface area contributed by atoms with Gasteiger partial charge in [-0.15, -0.1) is 0 Å². The minimum absolute atomic E-state index is 0.0653. The summed E-state index contributed by atoms with van der Waals surface area (Å²) in [7, 11) is 0. The molecule has 0 radical (unpaired) electrons. The lowest BCUT2D eigenvalue weighted by Crippen LogP contribution is -2.30. The Bertz CT molecular complexity index is 664. The number of hydrogen-bond acceptors (Lipinski definition) is 6. The van der Waals surface area contributed by atoms with Gasteiger partial charge in [-0.2, -0.15) is 0 Å². The second-order valence-corrected chi connectivity index (χ2v) is 13.2. The molecule has 0 aromatic heterocycles. The van der Waals surface area contributed by atoms with E-state index in [2.05, 4.69) is 20.8 Å². The Kier molecular flexibility index (Phi) is 34.0. The van der Waals surface area contributed by atoms with E-state index in [0.717, 1.165) is 64.2 Å². The van der Waals surface area contributed by atoms with Gasteiger partial charge in [-0.1, -0.05) is 175 Å². The molecule has 0 heterocycles. The van der Waals surface area contributed by atoms with Crippen LogP contribution in [0.5, 0.6) is 0 Å². The van der Waals surface area contributed by atoms with Gasteiger partial charge in [0, 0.05) is 19.3 Å². The molecule has 45 heavy (non-hydrogen) atoms. The van der Waals surface area contributed by atoms with Crippen LogP contribution in [-0.2, 0) is 28.6 Å². The molecule has 0 aliphatic carbocycles. The average Bonchev–Trinajstić information content (AvgIpc) is 3.03. The molecule has 0 aromatic rings. The molecule has 0 fully saturated rings. The van der Waals surface area contributed by atoms with Crippen molar-refractivity contribution in [2.24, 2.45) is 0 Å². The molecule has 0 aliphatic heterocycles. The Morgan fingerprint density at radius 2 is 0.600 bits per heavy atom. The Hall–Kier alpha value is -1.59. The third-order valence-corrected chi connectivity index (χ3v) is 8.61. The third-order valence-electron chi connectivity index (χ3n) is 8.61. The van der Waals surface area contributed by atoms with E-state index in [4.69, 9.17) is 14.2 Å². The van der Waals surface area contributed by atoms with Gasteiger partial charge in [0.2, 0.25) is 0 Å². The molecule has 1 atom stereocenters. The van der Waals surface area contributed by atoms with E-state index in [-0.39, 0.29) is 31.1 Å². The van der Waals surface area contributed by atoms with Crippen LogP contribution < -0.4 is 0 Å². The Labute approximate surface area is 278 Å². The van der Waals surface area contributed by atoms with E-state index in [1.54, 1.807) is 0 Å². The van der Waals surface area contributed by atoms with E-state index in [0.29, 0.717) is 19.3 Å². The van der Waals surface area contributed by atoms with Gasteiger partial charge in [0.1, 0.15) is 13.2 Å². The van der Waals surface area contributed by atoms with E-state index < -0.39 is 6.10 Å². The highest BCUT2D eigenvalue weighted by Crippen LogP contribution is 2.14. The Morgan fingerprint density at radius 3 is 0.889 bits per heavy atom. The number of hydrogen-bond donors (Lipinski definition) is 0.